The number of Topliss-reactive ketones (excluding diaryl/α,β-unsaturated/α-hetero) is 1. The first kappa shape index (κ1) is 12.4. The maximum atomic E-state index is 11.6. The summed E-state index contributed by atoms with van der Waals surface area (Å²) < 4.78 is 0. The van der Waals surface area contributed by atoms with Crippen molar-refractivity contribution in [2.24, 2.45) is 10.4 Å². The average molecular weight is 225 g/mol. The molecule has 0 atom stereocenters. The quantitative estimate of drug-likeness (QED) is 0.709. The van der Waals surface area contributed by atoms with Crippen molar-refractivity contribution in [3.8, 4) is 0 Å². The van der Waals surface area contributed by atoms with Crippen LogP contribution in [-0.2, 0) is 9.59 Å². The van der Waals surface area contributed by atoms with Gasteiger partial charge in [-0.2, -0.15) is 0 Å². The number of carboxylic acid groups (broad SMARTS) is 1. The van der Waals surface area contributed by atoms with Gasteiger partial charge in [-0.3, -0.25) is 14.6 Å². The molecule has 0 spiro atoms. The number of allylic oxidation sites excluding steroid dienone is 2. The molecule has 0 unspecified atom stereocenters. The van der Waals surface area contributed by atoms with Crippen LogP contribution in [-0.4, -0.2) is 34.7 Å². The third-order valence-electron chi connectivity index (χ3n) is 2.34. The summed E-state index contributed by atoms with van der Waals surface area (Å²) in [5.74, 6) is -1.27. The van der Waals surface area contributed by atoms with Gasteiger partial charge in [-0.1, -0.05) is 13.8 Å². The molecule has 5 nitrogen and oxygen atoms in total. The minimum absolute atomic E-state index is 0.00427. The van der Waals surface area contributed by atoms with Crippen LogP contribution < -0.4 is 0 Å². The van der Waals surface area contributed by atoms with Gasteiger partial charge in [0, 0.05) is 19.1 Å². The molecule has 0 aromatic heterocycles. The smallest absolute Gasteiger partial charge is 0.325 e. The van der Waals surface area contributed by atoms with Crippen LogP contribution in [0.1, 0.15) is 26.7 Å². The highest BCUT2D eigenvalue weighted by molar-refractivity contribution is 6.14. The third-order valence-corrected chi connectivity index (χ3v) is 2.34. The third kappa shape index (κ3) is 3.18. The largest absolute Gasteiger partial charge is 0.511 e. The number of hydrogen-bond acceptors (Lipinski definition) is 4. The van der Waals surface area contributed by atoms with Crippen LogP contribution in [0.3, 0.4) is 0 Å². The van der Waals surface area contributed by atoms with E-state index >= 15 is 0 Å². The van der Waals surface area contributed by atoms with Crippen LogP contribution in [0.15, 0.2) is 16.3 Å². The normalized spacial score (nSPS) is 20.5. The van der Waals surface area contributed by atoms with E-state index in [4.69, 9.17) is 5.11 Å². The summed E-state index contributed by atoms with van der Waals surface area (Å²) >= 11 is 0. The summed E-state index contributed by atoms with van der Waals surface area (Å²) in [5, 5.41) is 18.0. The summed E-state index contributed by atoms with van der Waals surface area (Å²) in [6.45, 7) is 3.39. The second-order valence-electron chi connectivity index (χ2n) is 4.66. The standard InChI is InChI=1S/C11H15NO4/c1-11(2)3-8(13)7(9(14)4-11)5-12-6-10(15)16/h5,13H,3-4,6H2,1-2H3,(H,15,16). The van der Waals surface area contributed by atoms with Gasteiger partial charge in [0.2, 0.25) is 0 Å². The lowest BCUT2D eigenvalue weighted by atomic mass is 9.77. The summed E-state index contributed by atoms with van der Waals surface area (Å²) in [5.41, 5.74) is -0.105. The van der Waals surface area contributed by atoms with Crippen LogP contribution in [0, 0.1) is 5.41 Å². The van der Waals surface area contributed by atoms with Crippen LogP contribution in [0.2, 0.25) is 0 Å². The Balaban J connectivity index is 2.83. The number of aliphatic carboxylic acids is 1. The fourth-order valence-electron chi connectivity index (χ4n) is 1.66. The Labute approximate surface area is 93.5 Å². The Morgan fingerprint density at radius 2 is 2.12 bits per heavy atom. The van der Waals surface area contributed by atoms with E-state index in [1.807, 2.05) is 13.8 Å². The molecule has 0 bridgehead atoms. The van der Waals surface area contributed by atoms with E-state index in [2.05, 4.69) is 4.99 Å². The molecule has 0 heterocycles. The van der Waals surface area contributed by atoms with Gasteiger partial charge < -0.3 is 10.2 Å². The van der Waals surface area contributed by atoms with Gasteiger partial charge in [0.1, 0.15) is 12.3 Å². The first-order chi connectivity index (χ1) is 7.32. The molecule has 0 saturated carbocycles. The van der Waals surface area contributed by atoms with E-state index in [1.54, 1.807) is 0 Å². The Morgan fingerprint density at radius 3 is 2.62 bits per heavy atom. The molecule has 0 aromatic rings. The number of aliphatic hydroxyl groups excluding tert-OH is 1. The van der Waals surface area contributed by atoms with Crippen molar-refractivity contribution < 1.29 is 19.8 Å². The lowest BCUT2D eigenvalue weighted by Gasteiger charge is -2.28. The number of rotatable bonds is 3. The second kappa shape index (κ2) is 4.47. The van der Waals surface area contributed by atoms with E-state index in [1.165, 1.54) is 0 Å². The van der Waals surface area contributed by atoms with Crippen LogP contribution in [0.25, 0.3) is 0 Å². The minimum atomic E-state index is -1.07. The van der Waals surface area contributed by atoms with Gasteiger partial charge in [-0.25, -0.2) is 0 Å². The molecule has 1 aliphatic rings. The van der Waals surface area contributed by atoms with Crippen molar-refractivity contribution in [3.63, 3.8) is 0 Å². The van der Waals surface area contributed by atoms with Gasteiger partial charge >= 0.3 is 5.97 Å². The number of aliphatic hydroxyl groups is 1. The number of carbonyl (C=O) groups excluding carboxylic acids is 1. The van der Waals surface area contributed by atoms with Crippen molar-refractivity contribution in [2.45, 2.75) is 26.7 Å². The zero-order chi connectivity index (χ0) is 12.3. The highest BCUT2D eigenvalue weighted by atomic mass is 16.4. The Morgan fingerprint density at radius 1 is 1.50 bits per heavy atom. The van der Waals surface area contributed by atoms with Crippen LogP contribution in [0.5, 0.6) is 0 Å². The summed E-state index contributed by atoms with van der Waals surface area (Å²) in [6.07, 6.45) is 1.90. The van der Waals surface area contributed by atoms with Gasteiger partial charge in [-0.15, -0.1) is 0 Å². The molecule has 1 aliphatic carbocycles. The number of carbonyl (C=O) groups is 2. The van der Waals surface area contributed by atoms with E-state index in [0.29, 0.717) is 12.8 Å². The first-order valence-corrected chi connectivity index (χ1v) is 4.99. The molecule has 0 aromatic carbocycles. The molecule has 0 radical (unpaired) electrons. The average Bonchev–Trinajstić information content (AvgIpc) is 2.07. The molecule has 0 fully saturated rings. The van der Waals surface area contributed by atoms with Crippen molar-refractivity contribution >= 4 is 18.0 Å². The van der Waals surface area contributed by atoms with Gasteiger partial charge in [0.25, 0.3) is 0 Å². The topological polar surface area (TPSA) is 87.0 Å². The fraction of sp³-hybridized carbons (Fsp3) is 0.545. The molecular weight excluding hydrogens is 210 g/mol. The summed E-state index contributed by atoms with van der Waals surface area (Å²) in [7, 11) is 0. The molecule has 2 N–H and O–H groups in total. The molecule has 1 rings (SSSR count). The zero-order valence-electron chi connectivity index (χ0n) is 9.36. The minimum Gasteiger partial charge on any atom is -0.511 e. The lowest BCUT2D eigenvalue weighted by Crippen LogP contribution is -2.26. The molecule has 16 heavy (non-hydrogen) atoms. The van der Waals surface area contributed by atoms with Gasteiger partial charge in [0.05, 0.1) is 5.57 Å². The SMILES string of the molecule is CC1(C)CC(=O)C(C=NCC(=O)O)=C(O)C1. The molecule has 5 heteroatoms. The van der Waals surface area contributed by atoms with E-state index < -0.39 is 12.5 Å². The predicted molar refractivity (Wildman–Crippen MR) is 58.7 cm³/mol. The lowest BCUT2D eigenvalue weighted by molar-refractivity contribution is -0.135. The Hall–Kier alpha value is -1.65. The van der Waals surface area contributed by atoms with Crippen molar-refractivity contribution in [1.82, 2.24) is 0 Å². The number of hydrogen-bond donors (Lipinski definition) is 2. The Bertz CT molecular complexity index is 379. The first-order valence-electron chi connectivity index (χ1n) is 4.99. The van der Waals surface area contributed by atoms with Gasteiger partial charge in [0.15, 0.2) is 5.78 Å². The maximum absolute atomic E-state index is 11.6. The molecule has 0 saturated heterocycles. The molecule has 88 valence electrons. The van der Waals surface area contributed by atoms with E-state index in [0.717, 1.165) is 6.21 Å². The second-order valence-corrected chi connectivity index (χ2v) is 4.66. The van der Waals surface area contributed by atoms with Crippen molar-refractivity contribution in [2.75, 3.05) is 6.54 Å². The van der Waals surface area contributed by atoms with E-state index in [-0.39, 0.29) is 22.5 Å². The summed E-state index contributed by atoms with van der Waals surface area (Å²) in [4.78, 5) is 25.4. The predicted octanol–water partition coefficient (Wildman–Crippen LogP) is 1.34. The van der Waals surface area contributed by atoms with Crippen molar-refractivity contribution in [3.05, 3.63) is 11.3 Å². The number of nitrogens with zero attached hydrogens (tertiary/aromatic N) is 1. The Kier molecular flexibility index (Phi) is 3.47. The monoisotopic (exact) mass is 225 g/mol. The molecular formula is C11H15NO4. The summed E-state index contributed by atoms with van der Waals surface area (Å²) in [6, 6.07) is 0. The molecule has 0 amide bonds. The number of ketones is 1. The van der Waals surface area contributed by atoms with Crippen LogP contribution >= 0.6 is 0 Å². The highest BCUT2D eigenvalue weighted by Crippen LogP contribution is 2.34. The highest BCUT2D eigenvalue weighted by Gasteiger charge is 2.32. The fourth-order valence-corrected chi connectivity index (χ4v) is 1.66. The maximum Gasteiger partial charge on any atom is 0.325 e. The number of carboxylic acids is 1. The van der Waals surface area contributed by atoms with Crippen molar-refractivity contribution in [1.29, 1.82) is 0 Å². The van der Waals surface area contributed by atoms with Gasteiger partial charge in [-0.05, 0) is 5.41 Å². The molecule has 0 aliphatic heterocycles. The number of aliphatic imine (C=N–C) groups is 1. The van der Waals surface area contributed by atoms with Crippen LogP contribution in [0.4, 0.5) is 0 Å². The van der Waals surface area contributed by atoms with E-state index in [9.17, 15) is 14.7 Å². The zero-order valence-corrected chi connectivity index (χ0v) is 9.36.